The molecule has 6 nitrogen and oxygen atoms in total. The molecule has 2 aromatic heterocycles. The lowest BCUT2D eigenvalue weighted by Gasteiger charge is -2.04. The maximum Gasteiger partial charge on any atom is 0.263 e. The molecule has 0 unspecified atom stereocenters. The summed E-state index contributed by atoms with van der Waals surface area (Å²) in [6.45, 7) is 1.67. The number of anilines is 1. The summed E-state index contributed by atoms with van der Waals surface area (Å²) in [5.41, 5.74) is 2.21. The van der Waals surface area contributed by atoms with Gasteiger partial charge in [-0.3, -0.25) is 10.1 Å². The van der Waals surface area contributed by atoms with Crippen molar-refractivity contribution in [2.45, 2.75) is 17.0 Å². The lowest BCUT2D eigenvalue weighted by atomic mass is 10.1. The summed E-state index contributed by atoms with van der Waals surface area (Å²) in [6.07, 6.45) is 0. The van der Waals surface area contributed by atoms with Crippen LogP contribution in [0, 0.1) is 6.92 Å². The van der Waals surface area contributed by atoms with Crippen molar-refractivity contribution in [1.29, 1.82) is 0 Å². The number of rotatable bonds is 6. The number of halogens is 3. The van der Waals surface area contributed by atoms with Gasteiger partial charge in [-0.1, -0.05) is 87.3 Å². The van der Waals surface area contributed by atoms with E-state index in [1.807, 2.05) is 12.1 Å². The summed E-state index contributed by atoms with van der Waals surface area (Å²) >= 11 is 21.1. The molecule has 1 amide bonds. The smallest absolute Gasteiger partial charge is 0.263 e. The number of nitrogens with one attached hydrogen (secondary N) is 1. The van der Waals surface area contributed by atoms with Gasteiger partial charge in [0.2, 0.25) is 5.13 Å². The highest BCUT2D eigenvalue weighted by Crippen LogP contribution is 2.34. The third kappa shape index (κ3) is 5.05. The molecular formula is C20H13Cl3N4O2S2. The molecule has 0 saturated carbocycles. The molecule has 1 N–H and O–H groups in total. The first-order valence-corrected chi connectivity index (χ1v) is 11.8. The second-order valence-electron chi connectivity index (χ2n) is 6.29. The van der Waals surface area contributed by atoms with Gasteiger partial charge in [0.1, 0.15) is 17.0 Å². The molecule has 0 bridgehead atoms. The third-order valence-electron chi connectivity index (χ3n) is 4.21. The maximum atomic E-state index is 12.9. The van der Waals surface area contributed by atoms with E-state index < -0.39 is 5.91 Å². The number of hydrogen-bond acceptors (Lipinski definition) is 7. The van der Waals surface area contributed by atoms with Gasteiger partial charge in [-0.25, -0.2) is 0 Å². The lowest BCUT2D eigenvalue weighted by molar-refractivity contribution is 0.102. The topological polar surface area (TPSA) is 80.9 Å². The molecule has 4 rings (SSSR count). The van der Waals surface area contributed by atoms with Crippen molar-refractivity contribution in [3.05, 3.63) is 74.4 Å². The number of amides is 1. The molecule has 0 fully saturated rings. The van der Waals surface area contributed by atoms with E-state index in [9.17, 15) is 4.79 Å². The zero-order valence-corrected chi connectivity index (χ0v) is 19.8. The molecule has 158 valence electrons. The highest BCUT2D eigenvalue weighted by atomic mass is 35.5. The van der Waals surface area contributed by atoms with E-state index in [1.165, 1.54) is 23.1 Å². The van der Waals surface area contributed by atoms with Crippen molar-refractivity contribution in [1.82, 2.24) is 15.4 Å². The fourth-order valence-corrected chi connectivity index (χ4v) is 5.26. The average molecular weight is 512 g/mol. The number of nitrogens with zero attached hydrogens (tertiary/aromatic N) is 3. The number of hydrogen-bond donors (Lipinski definition) is 1. The SMILES string of the molecule is Cc1onc(-c2ccccc2Cl)c1C(=O)Nc1nnc(SCc2ccc(Cl)cc2Cl)s1. The largest absolute Gasteiger partial charge is 0.360 e. The Hall–Kier alpha value is -2.10. The Labute approximate surface area is 200 Å². The van der Waals surface area contributed by atoms with Crippen LogP contribution in [-0.4, -0.2) is 21.3 Å². The van der Waals surface area contributed by atoms with Crippen LogP contribution in [0.15, 0.2) is 51.3 Å². The van der Waals surface area contributed by atoms with Crippen LogP contribution in [0.2, 0.25) is 15.1 Å². The number of thioether (sulfide) groups is 1. The molecule has 11 heteroatoms. The van der Waals surface area contributed by atoms with Crippen molar-refractivity contribution in [2.75, 3.05) is 5.32 Å². The normalized spacial score (nSPS) is 11.0. The molecule has 2 aromatic carbocycles. The van der Waals surface area contributed by atoms with Crippen LogP contribution in [0.3, 0.4) is 0 Å². The molecule has 0 aliphatic rings. The van der Waals surface area contributed by atoms with E-state index in [-0.39, 0.29) is 0 Å². The Balaban J connectivity index is 1.48. The van der Waals surface area contributed by atoms with E-state index in [0.717, 1.165) is 5.56 Å². The summed E-state index contributed by atoms with van der Waals surface area (Å²) in [6, 6.07) is 12.5. The second kappa shape index (κ2) is 9.58. The number of aromatic nitrogens is 3. The van der Waals surface area contributed by atoms with Gasteiger partial charge in [-0.05, 0) is 30.7 Å². The van der Waals surface area contributed by atoms with Crippen molar-refractivity contribution >= 4 is 68.9 Å². The Morgan fingerprint density at radius 2 is 1.94 bits per heavy atom. The molecular weight excluding hydrogens is 499 g/mol. The van der Waals surface area contributed by atoms with Crippen LogP contribution in [0.4, 0.5) is 5.13 Å². The van der Waals surface area contributed by atoms with Gasteiger partial charge in [0.05, 0.1) is 5.02 Å². The first-order valence-electron chi connectivity index (χ1n) is 8.85. The molecule has 0 aliphatic heterocycles. The quantitative estimate of drug-likeness (QED) is 0.221. The number of aryl methyl sites for hydroxylation is 1. The van der Waals surface area contributed by atoms with Gasteiger partial charge in [0.25, 0.3) is 5.91 Å². The molecule has 4 aromatic rings. The number of carbonyl (C=O) groups is 1. The molecule has 2 heterocycles. The summed E-state index contributed by atoms with van der Waals surface area (Å²) in [7, 11) is 0. The van der Waals surface area contributed by atoms with Gasteiger partial charge in [-0.2, -0.15) is 0 Å². The Kier molecular flexibility index (Phi) is 6.83. The van der Waals surface area contributed by atoms with Crippen molar-refractivity contribution in [2.24, 2.45) is 0 Å². The fraction of sp³-hybridized carbons (Fsp3) is 0.100. The summed E-state index contributed by atoms with van der Waals surface area (Å²) in [5, 5.41) is 16.9. The van der Waals surface area contributed by atoms with E-state index in [1.54, 1.807) is 37.3 Å². The van der Waals surface area contributed by atoms with Crippen LogP contribution in [-0.2, 0) is 5.75 Å². The Morgan fingerprint density at radius 3 is 2.71 bits per heavy atom. The molecule has 0 spiro atoms. The minimum Gasteiger partial charge on any atom is -0.360 e. The monoisotopic (exact) mass is 510 g/mol. The molecule has 0 saturated heterocycles. The van der Waals surface area contributed by atoms with E-state index in [2.05, 4.69) is 20.7 Å². The Bertz CT molecular complexity index is 1260. The van der Waals surface area contributed by atoms with Crippen LogP contribution in [0.1, 0.15) is 21.7 Å². The molecule has 0 aliphatic carbocycles. The Morgan fingerprint density at radius 1 is 1.13 bits per heavy atom. The third-order valence-corrected chi connectivity index (χ3v) is 7.15. The van der Waals surface area contributed by atoms with Crippen LogP contribution in [0.25, 0.3) is 11.3 Å². The molecule has 31 heavy (non-hydrogen) atoms. The minimum absolute atomic E-state index is 0.297. The average Bonchev–Trinajstić information content (AvgIpc) is 3.34. The fourth-order valence-electron chi connectivity index (χ4n) is 2.73. The highest BCUT2D eigenvalue weighted by molar-refractivity contribution is 8.00. The van der Waals surface area contributed by atoms with Crippen LogP contribution in [0.5, 0.6) is 0 Å². The molecule has 0 atom stereocenters. The van der Waals surface area contributed by atoms with Crippen LogP contribution < -0.4 is 5.32 Å². The number of benzene rings is 2. The van der Waals surface area contributed by atoms with E-state index in [4.69, 9.17) is 39.3 Å². The van der Waals surface area contributed by atoms with Gasteiger partial charge in [0.15, 0.2) is 4.34 Å². The van der Waals surface area contributed by atoms with Crippen molar-refractivity contribution in [3.8, 4) is 11.3 Å². The zero-order valence-electron chi connectivity index (χ0n) is 15.9. The minimum atomic E-state index is -0.401. The predicted octanol–water partition coefficient (Wildman–Crippen LogP) is 7.01. The van der Waals surface area contributed by atoms with Gasteiger partial charge >= 0.3 is 0 Å². The highest BCUT2D eigenvalue weighted by Gasteiger charge is 2.24. The molecule has 0 radical (unpaired) electrons. The first kappa shape index (κ1) is 22.1. The second-order valence-corrected chi connectivity index (χ2v) is 9.74. The summed E-state index contributed by atoms with van der Waals surface area (Å²) in [5.74, 6) is 0.575. The van der Waals surface area contributed by atoms with Crippen molar-refractivity contribution in [3.63, 3.8) is 0 Å². The summed E-state index contributed by atoms with van der Waals surface area (Å²) in [4.78, 5) is 12.9. The standard InChI is InChI=1S/C20H13Cl3N4O2S2/c1-10-16(17(27-29-10)13-4-2-3-5-14(13)22)18(28)24-19-25-26-20(31-19)30-9-11-6-7-12(21)8-15(11)23/h2-8H,9H2,1H3,(H,24,25,28). The lowest BCUT2D eigenvalue weighted by Crippen LogP contribution is -2.13. The number of carbonyl (C=O) groups excluding carboxylic acids is 1. The van der Waals surface area contributed by atoms with Crippen molar-refractivity contribution < 1.29 is 9.32 Å². The summed E-state index contributed by atoms with van der Waals surface area (Å²) < 4.78 is 5.94. The van der Waals surface area contributed by atoms with Gasteiger partial charge < -0.3 is 4.52 Å². The van der Waals surface area contributed by atoms with E-state index >= 15 is 0 Å². The van der Waals surface area contributed by atoms with E-state index in [0.29, 0.717) is 52.9 Å². The van der Waals surface area contributed by atoms with Gasteiger partial charge in [-0.15, -0.1) is 10.2 Å². The maximum absolute atomic E-state index is 12.9. The van der Waals surface area contributed by atoms with Gasteiger partial charge in [0, 0.05) is 21.4 Å². The predicted molar refractivity (Wildman–Crippen MR) is 126 cm³/mol. The zero-order chi connectivity index (χ0) is 22.0. The van der Waals surface area contributed by atoms with Crippen LogP contribution >= 0.6 is 57.9 Å². The first-order chi connectivity index (χ1) is 14.9.